The third kappa shape index (κ3) is 3.63. The summed E-state index contributed by atoms with van der Waals surface area (Å²) in [6.07, 6.45) is 2.38. The van der Waals surface area contributed by atoms with Gasteiger partial charge in [-0.3, -0.25) is 0 Å². The number of ether oxygens (including phenoxy) is 4. The monoisotopic (exact) mass is 246 g/mol. The van der Waals surface area contributed by atoms with Gasteiger partial charge in [-0.05, 0) is 26.2 Å². The molecule has 0 spiro atoms. The summed E-state index contributed by atoms with van der Waals surface area (Å²) < 4.78 is 21.9. The molecule has 0 amide bonds. The van der Waals surface area contributed by atoms with Gasteiger partial charge in [0.05, 0.1) is 18.8 Å². The number of aliphatic hydroxyl groups is 1. The van der Waals surface area contributed by atoms with Crippen LogP contribution in [0.4, 0.5) is 0 Å². The standard InChI is InChI=1S/C12H22O5/c1-8-4-3-5-11(16-8)17-10-7-15-12(14-2)6-9(10)13/h8-13H,3-7H2,1-2H3/t8?,9-,10?,11?,12?/m0/s1. The van der Waals surface area contributed by atoms with E-state index in [0.29, 0.717) is 13.0 Å². The molecule has 0 radical (unpaired) electrons. The van der Waals surface area contributed by atoms with Crippen LogP contribution in [-0.4, -0.2) is 49.7 Å². The molecule has 2 fully saturated rings. The number of hydrogen-bond donors (Lipinski definition) is 1. The Bertz CT molecular complexity index is 235. The molecule has 5 atom stereocenters. The van der Waals surface area contributed by atoms with E-state index < -0.39 is 6.10 Å². The van der Waals surface area contributed by atoms with Gasteiger partial charge in [0.1, 0.15) is 6.10 Å². The lowest BCUT2D eigenvalue weighted by molar-refractivity contribution is -0.272. The van der Waals surface area contributed by atoms with Crippen molar-refractivity contribution in [3.63, 3.8) is 0 Å². The Balaban J connectivity index is 1.78. The van der Waals surface area contributed by atoms with Gasteiger partial charge < -0.3 is 24.1 Å². The van der Waals surface area contributed by atoms with Gasteiger partial charge in [-0.2, -0.15) is 0 Å². The van der Waals surface area contributed by atoms with E-state index in [1.165, 1.54) is 0 Å². The third-order valence-corrected chi connectivity index (χ3v) is 3.33. The second kappa shape index (κ2) is 6.11. The minimum atomic E-state index is -0.547. The van der Waals surface area contributed by atoms with Gasteiger partial charge in [-0.15, -0.1) is 0 Å². The molecule has 0 saturated carbocycles. The quantitative estimate of drug-likeness (QED) is 0.806. The van der Waals surface area contributed by atoms with Crippen LogP contribution in [0.1, 0.15) is 32.6 Å². The van der Waals surface area contributed by atoms with Crippen molar-refractivity contribution in [3.05, 3.63) is 0 Å². The van der Waals surface area contributed by atoms with Gasteiger partial charge in [0.15, 0.2) is 12.6 Å². The molecule has 4 unspecified atom stereocenters. The molecule has 5 heteroatoms. The highest BCUT2D eigenvalue weighted by atomic mass is 16.7. The summed E-state index contributed by atoms with van der Waals surface area (Å²) >= 11 is 0. The van der Waals surface area contributed by atoms with E-state index in [1.54, 1.807) is 7.11 Å². The molecular weight excluding hydrogens is 224 g/mol. The SMILES string of the molecule is COC1C[C@H](O)C(OC2CCCC(C)O2)CO1. The molecular formula is C12H22O5. The molecule has 0 aromatic rings. The van der Waals surface area contributed by atoms with E-state index in [2.05, 4.69) is 0 Å². The first-order chi connectivity index (χ1) is 8.19. The second-order valence-electron chi connectivity index (χ2n) is 4.78. The smallest absolute Gasteiger partial charge is 0.159 e. The normalized spacial score (nSPS) is 43.6. The van der Waals surface area contributed by atoms with Crippen LogP contribution in [0.3, 0.4) is 0 Å². The number of methoxy groups -OCH3 is 1. The average Bonchev–Trinajstić information content (AvgIpc) is 2.32. The van der Waals surface area contributed by atoms with Crippen LogP contribution in [0.25, 0.3) is 0 Å². The highest BCUT2D eigenvalue weighted by Crippen LogP contribution is 2.24. The molecule has 2 rings (SSSR count). The molecule has 1 N–H and O–H groups in total. The van der Waals surface area contributed by atoms with Crippen LogP contribution in [-0.2, 0) is 18.9 Å². The van der Waals surface area contributed by atoms with Gasteiger partial charge in [-0.25, -0.2) is 0 Å². The third-order valence-electron chi connectivity index (χ3n) is 3.33. The summed E-state index contributed by atoms with van der Waals surface area (Å²) in [5.74, 6) is 0. The van der Waals surface area contributed by atoms with E-state index >= 15 is 0 Å². The highest BCUT2D eigenvalue weighted by Gasteiger charge is 2.33. The zero-order chi connectivity index (χ0) is 12.3. The van der Waals surface area contributed by atoms with Gasteiger partial charge in [0.2, 0.25) is 0 Å². The first-order valence-corrected chi connectivity index (χ1v) is 6.32. The molecule has 100 valence electrons. The maximum absolute atomic E-state index is 9.93. The van der Waals surface area contributed by atoms with Crippen molar-refractivity contribution < 1.29 is 24.1 Å². The molecule has 2 aliphatic heterocycles. The predicted octanol–water partition coefficient (Wildman–Crippen LogP) is 1.04. The summed E-state index contributed by atoms with van der Waals surface area (Å²) in [5, 5.41) is 9.93. The fourth-order valence-electron chi connectivity index (χ4n) is 2.29. The molecule has 5 nitrogen and oxygen atoms in total. The Kier molecular flexibility index (Phi) is 4.76. The Morgan fingerprint density at radius 2 is 2.06 bits per heavy atom. The van der Waals surface area contributed by atoms with Gasteiger partial charge in [-0.1, -0.05) is 0 Å². The average molecular weight is 246 g/mol. The molecule has 2 heterocycles. The van der Waals surface area contributed by atoms with E-state index in [4.69, 9.17) is 18.9 Å². The fraction of sp³-hybridized carbons (Fsp3) is 1.00. The van der Waals surface area contributed by atoms with Crippen LogP contribution < -0.4 is 0 Å². The topological polar surface area (TPSA) is 57.2 Å². The van der Waals surface area contributed by atoms with Crippen molar-refractivity contribution in [1.29, 1.82) is 0 Å². The fourth-order valence-corrected chi connectivity index (χ4v) is 2.29. The molecule has 0 aromatic carbocycles. The molecule has 0 aromatic heterocycles. The minimum absolute atomic E-state index is 0.207. The Labute approximate surface area is 102 Å². The number of hydrogen-bond acceptors (Lipinski definition) is 5. The minimum Gasteiger partial charge on any atom is -0.390 e. The predicted molar refractivity (Wildman–Crippen MR) is 60.4 cm³/mol. The first kappa shape index (κ1) is 13.2. The summed E-state index contributed by atoms with van der Waals surface area (Å²) in [5.41, 5.74) is 0. The zero-order valence-corrected chi connectivity index (χ0v) is 10.5. The van der Waals surface area contributed by atoms with Crippen LogP contribution in [0.15, 0.2) is 0 Å². The van der Waals surface area contributed by atoms with Crippen molar-refractivity contribution in [2.24, 2.45) is 0 Å². The molecule has 0 bridgehead atoms. The van der Waals surface area contributed by atoms with Gasteiger partial charge in [0.25, 0.3) is 0 Å². The van der Waals surface area contributed by atoms with E-state index in [0.717, 1.165) is 19.3 Å². The lowest BCUT2D eigenvalue weighted by Gasteiger charge is -2.36. The van der Waals surface area contributed by atoms with Crippen molar-refractivity contribution in [1.82, 2.24) is 0 Å². The lowest BCUT2D eigenvalue weighted by atomic mass is 10.1. The largest absolute Gasteiger partial charge is 0.390 e. The van der Waals surface area contributed by atoms with E-state index in [9.17, 15) is 5.11 Å². The summed E-state index contributed by atoms with van der Waals surface area (Å²) in [6, 6.07) is 0. The maximum atomic E-state index is 9.93. The van der Waals surface area contributed by atoms with Crippen molar-refractivity contribution >= 4 is 0 Å². The van der Waals surface area contributed by atoms with Crippen LogP contribution in [0, 0.1) is 0 Å². The molecule has 2 aliphatic rings. The van der Waals surface area contributed by atoms with Crippen LogP contribution >= 0.6 is 0 Å². The lowest BCUT2D eigenvalue weighted by Crippen LogP contribution is -2.46. The second-order valence-corrected chi connectivity index (χ2v) is 4.78. The molecule has 0 aliphatic carbocycles. The summed E-state index contributed by atoms with van der Waals surface area (Å²) in [7, 11) is 1.57. The summed E-state index contributed by atoms with van der Waals surface area (Å²) in [6.45, 7) is 2.40. The zero-order valence-electron chi connectivity index (χ0n) is 10.5. The number of rotatable bonds is 3. The Hall–Kier alpha value is -0.200. The van der Waals surface area contributed by atoms with E-state index in [-0.39, 0.29) is 24.8 Å². The van der Waals surface area contributed by atoms with E-state index in [1.807, 2.05) is 6.92 Å². The molecule has 17 heavy (non-hydrogen) atoms. The van der Waals surface area contributed by atoms with Crippen molar-refractivity contribution in [2.75, 3.05) is 13.7 Å². The Morgan fingerprint density at radius 1 is 1.24 bits per heavy atom. The maximum Gasteiger partial charge on any atom is 0.159 e. The van der Waals surface area contributed by atoms with Gasteiger partial charge in [0, 0.05) is 13.5 Å². The van der Waals surface area contributed by atoms with Crippen molar-refractivity contribution in [3.8, 4) is 0 Å². The first-order valence-electron chi connectivity index (χ1n) is 6.32. The highest BCUT2D eigenvalue weighted by molar-refractivity contribution is 4.76. The van der Waals surface area contributed by atoms with Gasteiger partial charge >= 0.3 is 0 Å². The molecule has 2 saturated heterocycles. The van der Waals surface area contributed by atoms with Crippen LogP contribution in [0.5, 0.6) is 0 Å². The number of aliphatic hydroxyl groups excluding tert-OH is 1. The summed E-state index contributed by atoms with van der Waals surface area (Å²) in [4.78, 5) is 0. The Morgan fingerprint density at radius 3 is 2.71 bits per heavy atom. The van der Waals surface area contributed by atoms with Crippen LogP contribution in [0.2, 0.25) is 0 Å². The van der Waals surface area contributed by atoms with Crippen molar-refractivity contribution in [2.45, 2.75) is 63.5 Å².